The van der Waals surface area contributed by atoms with E-state index in [9.17, 15) is 9.18 Å². The van der Waals surface area contributed by atoms with Crippen molar-refractivity contribution >= 4 is 24.0 Å². The van der Waals surface area contributed by atoms with Gasteiger partial charge in [-0.05, 0) is 18.6 Å². The molecule has 1 amide bonds. The first-order chi connectivity index (χ1) is 8.15. The van der Waals surface area contributed by atoms with Crippen LogP contribution in [-0.4, -0.2) is 36.5 Å². The SMILES string of the molecule is Cl.N[C@@H]1CCN(CC(=O)Nc2ccccc2F)C1. The molecule has 1 aliphatic rings. The minimum absolute atomic E-state index is 0. The minimum atomic E-state index is -0.418. The molecule has 1 fully saturated rings. The lowest BCUT2D eigenvalue weighted by Crippen LogP contribution is -2.33. The number of benzene rings is 1. The molecule has 1 aliphatic heterocycles. The molecule has 0 aliphatic carbocycles. The van der Waals surface area contributed by atoms with E-state index in [1.807, 2.05) is 4.90 Å². The number of likely N-dealkylation sites (tertiary alicyclic amines) is 1. The lowest BCUT2D eigenvalue weighted by atomic mass is 10.3. The highest BCUT2D eigenvalue weighted by Crippen LogP contribution is 2.13. The first kappa shape index (κ1) is 14.9. The van der Waals surface area contributed by atoms with E-state index in [-0.39, 0.29) is 36.6 Å². The standard InChI is InChI=1S/C12H16FN3O.ClH/c13-10-3-1-2-4-11(10)15-12(17)8-16-6-5-9(14)7-16;/h1-4,9H,5-8,14H2,(H,15,17);1H/t9-;/m1./s1. The van der Waals surface area contributed by atoms with E-state index in [2.05, 4.69) is 5.32 Å². The van der Waals surface area contributed by atoms with Gasteiger partial charge in [-0.15, -0.1) is 12.4 Å². The van der Waals surface area contributed by atoms with Crippen molar-refractivity contribution in [2.75, 3.05) is 25.0 Å². The number of amides is 1. The lowest BCUT2D eigenvalue weighted by molar-refractivity contribution is -0.117. The Morgan fingerprint density at radius 3 is 2.83 bits per heavy atom. The van der Waals surface area contributed by atoms with Crippen molar-refractivity contribution < 1.29 is 9.18 Å². The molecule has 1 aromatic carbocycles. The van der Waals surface area contributed by atoms with Crippen LogP contribution in [-0.2, 0) is 4.79 Å². The molecule has 6 heteroatoms. The third-order valence-electron chi connectivity index (χ3n) is 2.82. The molecule has 0 spiro atoms. The van der Waals surface area contributed by atoms with Crippen molar-refractivity contribution in [2.24, 2.45) is 5.73 Å². The third-order valence-corrected chi connectivity index (χ3v) is 2.82. The number of nitrogens with two attached hydrogens (primary N) is 1. The van der Waals surface area contributed by atoms with Gasteiger partial charge >= 0.3 is 0 Å². The van der Waals surface area contributed by atoms with E-state index in [4.69, 9.17) is 5.73 Å². The maximum absolute atomic E-state index is 13.3. The smallest absolute Gasteiger partial charge is 0.238 e. The number of halogens is 2. The van der Waals surface area contributed by atoms with Crippen molar-refractivity contribution in [1.29, 1.82) is 0 Å². The van der Waals surface area contributed by atoms with Crippen LogP contribution in [0.5, 0.6) is 0 Å². The van der Waals surface area contributed by atoms with Crippen molar-refractivity contribution in [2.45, 2.75) is 12.5 Å². The Hall–Kier alpha value is -1.17. The van der Waals surface area contributed by atoms with Gasteiger partial charge in [0, 0.05) is 19.1 Å². The minimum Gasteiger partial charge on any atom is -0.326 e. The number of nitrogens with one attached hydrogen (secondary N) is 1. The highest BCUT2D eigenvalue weighted by atomic mass is 35.5. The third kappa shape index (κ3) is 3.94. The second-order valence-electron chi connectivity index (χ2n) is 4.31. The monoisotopic (exact) mass is 273 g/mol. The van der Waals surface area contributed by atoms with Crippen LogP contribution in [0.2, 0.25) is 0 Å². The maximum atomic E-state index is 13.3. The Balaban J connectivity index is 0.00000162. The van der Waals surface area contributed by atoms with Gasteiger partial charge in [-0.25, -0.2) is 4.39 Å². The summed E-state index contributed by atoms with van der Waals surface area (Å²) in [5.41, 5.74) is 5.97. The van der Waals surface area contributed by atoms with Gasteiger partial charge in [-0.3, -0.25) is 9.69 Å². The topological polar surface area (TPSA) is 58.4 Å². The van der Waals surface area contributed by atoms with E-state index >= 15 is 0 Å². The molecule has 3 N–H and O–H groups in total. The van der Waals surface area contributed by atoms with Crippen molar-refractivity contribution in [3.63, 3.8) is 0 Å². The second kappa shape index (κ2) is 6.68. The molecule has 1 atom stereocenters. The Kier molecular flexibility index (Phi) is 5.53. The van der Waals surface area contributed by atoms with Gasteiger partial charge in [-0.2, -0.15) is 0 Å². The molecule has 0 bridgehead atoms. The van der Waals surface area contributed by atoms with Crippen LogP contribution >= 0.6 is 12.4 Å². The average molecular weight is 274 g/mol. The summed E-state index contributed by atoms with van der Waals surface area (Å²) in [5, 5.41) is 2.56. The number of para-hydroxylation sites is 1. The largest absolute Gasteiger partial charge is 0.326 e. The Bertz CT molecular complexity index is 416. The molecule has 1 heterocycles. The normalized spacial score (nSPS) is 19.3. The summed E-state index contributed by atoms with van der Waals surface area (Å²) in [6.07, 6.45) is 0.910. The molecule has 0 unspecified atom stereocenters. The lowest BCUT2D eigenvalue weighted by Gasteiger charge is -2.14. The molecule has 0 saturated carbocycles. The molecule has 100 valence electrons. The summed E-state index contributed by atoms with van der Waals surface area (Å²) in [7, 11) is 0. The second-order valence-corrected chi connectivity index (χ2v) is 4.31. The summed E-state index contributed by atoms with van der Waals surface area (Å²) in [4.78, 5) is 13.6. The maximum Gasteiger partial charge on any atom is 0.238 e. The molecule has 18 heavy (non-hydrogen) atoms. The van der Waals surface area contributed by atoms with Gasteiger partial charge in [0.25, 0.3) is 0 Å². The highest BCUT2D eigenvalue weighted by molar-refractivity contribution is 5.92. The van der Waals surface area contributed by atoms with Crippen LogP contribution in [0.3, 0.4) is 0 Å². The fourth-order valence-electron chi connectivity index (χ4n) is 1.96. The van der Waals surface area contributed by atoms with Crippen LogP contribution in [0.15, 0.2) is 24.3 Å². The Morgan fingerprint density at radius 2 is 2.22 bits per heavy atom. The molecule has 0 radical (unpaired) electrons. The number of anilines is 1. The van der Waals surface area contributed by atoms with Gasteiger partial charge < -0.3 is 11.1 Å². The van der Waals surface area contributed by atoms with Crippen LogP contribution in [0.1, 0.15) is 6.42 Å². The average Bonchev–Trinajstić information content (AvgIpc) is 2.67. The van der Waals surface area contributed by atoms with Gasteiger partial charge in [0.2, 0.25) is 5.91 Å². The van der Waals surface area contributed by atoms with E-state index in [0.717, 1.165) is 19.5 Å². The highest BCUT2D eigenvalue weighted by Gasteiger charge is 2.21. The first-order valence-corrected chi connectivity index (χ1v) is 5.67. The fourth-order valence-corrected chi connectivity index (χ4v) is 1.96. The van der Waals surface area contributed by atoms with Gasteiger partial charge in [0.15, 0.2) is 0 Å². The van der Waals surface area contributed by atoms with Crippen LogP contribution in [0.25, 0.3) is 0 Å². The van der Waals surface area contributed by atoms with Gasteiger partial charge in [-0.1, -0.05) is 12.1 Å². The van der Waals surface area contributed by atoms with Crippen LogP contribution in [0.4, 0.5) is 10.1 Å². The predicted molar refractivity (Wildman–Crippen MR) is 71.3 cm³/mol. The number of hydrogen-bond donors (Lipinski definition) is 2. The van der Waals surface area contributed by atoms with E-state index in [1.54, 1.807) is 18.2 Å². The summed E-state index contributed by atoms with van der Waals surface area (Å²) < 4.78 is 13.3. The number of hydrogen-bond acceptors (Lipinski definition) is 3. The van der Waals surface area contributed by atoms with E-state index in [1.165, 1.54) is 6.07 Å². The molecule has 2 rings (SSSR count). The first-order valence-electron chi connectivity index (χ1n) is 5.67. The zero-order chi connectivity index (χ0) is 12.3. The summed E-state index contributed by atoms with van der Waals surface area (Å²) in [6, 6.07) is 6.29. The summed E-state index contributed by atoms with van der Waals surface area (Å²) in [6.45, 7) is 1.82. The quantitative estimate of drug-likeness (QED) is 0.871. The number of rotatable bonds is 3. The van der Waals surface area contributed by atoms with Crippen LogP contribution in [0, 0.1) is 5.82 Å². The van der Waals surface area contributed by atoms with Crippen molar-refractivity contribution in [1.82, 2.24) is 4.90 Å². The molecular weight excluding hydrogens is 257 g/mol. The summed E-state index contributed by atoms with van der Waals surface area (Å²) in [5.74, 6) is -0.622. The van der Waals surface area contributed by atoms with Gasteiger partial charge in [0.05, 0.1) is 12.2 Å². The molecular formula is C12H17ClFN3O. The number of carbonyl (C=O) groups is 1. The zero-order valence-corrected chi connectivity index (χ0v) is 10.8. The van der Waals surface area contributed by atoms with Crippen molar-refractivity contribution in [3.05, 3.63) is 30.1 Å². The number of carbonyl (C=O) groups excluding carboxylic acids is 1. The molecule has 0 aromatic heterocycles. The Morgan fingerprint density at radius 1 is 1.50 bits per heavy atom. The predicted octanol–water partition coefficient (Wildman–Crippen LogP) is 1.22. The van der Waals surface area contributed by atoms with Gasteiger partial charge in [0.1, 0.15) is 5.82 Å². The molecule has 1 aromatic rings. The van der Waals surface area contributed by atoms with E-state index < -0.39 is 5.82 Å². The van der Waals surface area contributed by atoms with Crippen LogP contribution < -0.4 is 11.1 Å². The molecule has 1 saturated heterocycles. The Labute approximate surface area is 112 Å². The fraction of sp³-hybridized carbons (Fsp3) is 0.417. The molecule has 4 nitrogen and oxygen atoms in total. The zero-order valence-electron chi connectivity index (χ0n) is 9.93. The van der Waals surface area contributed by atoms with Crippen molar-refractivity contribution in [3.8, 4) is 0 Å². The summed E-state index contributed by atoms with van der Waals surface area (Å²) >= 11 is 0. The number of nitrogens with zero attached hydrogens (tertiary/aromatic N) is 1. The van der Waals surface area contributed by atoms with E-state index in [0.29, 0.717) is 0 Å².